The van der Waals surface area contributed by atoms with Crippen LogP contribution >= 0.6 is 27.3 Å². The summed E-state index contributed by atoms with van der Waals surface area (Å²) in [5.41, 5.74) is 1.49. The average molecular weight is 538 g/mol. The topological polar surface area (TPSA) is 82.6 Å². The number of amides is 1. The fourth-order valence-electron chi connectivity index (χ4n) is 3.59. The maximum atomic E-state index is 12.4. The molecule has 32 heavy (non-hydrogen) atoms. The van der Waals surface area contributed by atoms with Crippen molar-refractivity contribution in [3.63, 3.8) is 0 Å². The zero-order valence-electron chi connectivity index (χ0n) is 17.8. The fraction of sp³-hybridized carbons (Fsp3) is 0.364. The molecule has 1 aromatic heterocycles. The van der Waals surface area contributed by atoms with Crippen molar-refractivity contribution in [3.05, 3.63) is 52.5 Å². The molecule has 10 heteroatoms. The largest absolute Gasteiger partial charge is 0.351 e. The number of hydrogen-bond acceptors (Lipinski definition) is 7. The fourth-order valence-corrected chi connectivity index (χ4v) is 6.05. The molecule has 170 valence electrons. The molecule has 0 radical (unpaired) electrons. The Labute approximate surface area is 200 Å². The smallest absolute Gasteiger partial charge is 0.251 e. The summed E-state index contributed by atoms with van der Waals surface area (Å²) >= 11 is 5.23. The zero-order chi connectivity index (χ0) is 22.7. The second kappa shape index (κ2) is 9.86. The number of piperazine rings is 1. The highest BCUT2D eigenvalue weighted by atomic mass is 79.9. The first-order valence-corrected chi connectivity index (χ1v) is 13.8. The molecule has 1 aliphatic heterocycles. The highest BCUT2D eigenvalue weighted by Gasteiger charge is 2.20. The first-order chi connectivity index (χ1) is 15.4. The number of hydrogen-bond donors (Lipinski definition) is 1. The second-order valence-corrected chi connectivity index (χ2v) is 11.8. The first-order valence-electron chi connectivity index (χ1n) is 10.5. The van der Waals surface area contributed by atoms with E-state index in [1.807, 2.05) is 12.1 Å². The van der Waals surface area contributed by atoms with Crippen molar-refractivity contribution in [2.75, 3.05) is 49.9 Å². The summed E-state index contributed by atoms with van der Waals surface area (Å²) in [6.45, 7) is 6.56. The summed E-state index contributed by atoms with van der Waals surface area (Å²) in [4.78, 5) is 22.0. The molecule has 0 spiro atoms. The van der Waals surface area contributed by atoms with Gasteiger partial charge in [0.25, 0.3) is 5.91 Å². The lowest BCUT2D eigenvalue weighted by molar-refractivity contribution is 0.0947. The van der Waals surface area contributed by atoms with Crippen molar-refractivity contribution in [3.8, 4) is 0 Å². The van der Waals surface area contributed by atoms with Crippen LogP contribution in [0.15, 0.2) is 51.8 Å². The molecule has 1 amide bonds. The van der Waals surface area contributed by atoms with Gasteiger partial charge in [0.05, 0.1) is 20.9 Å². The molecular weight excluding hydrogens is 512 g/mol. The highest BCUT2D eigenvalue weighted by Crippen LogP contribution is 2.31. The third kappa shape index (κ3) is 5.31. The quantitative estimate of drug-likeness (QED) is 0.498. The number of carbonyl (C=O) groups is 1. The predicted molar refractivity (Wildman–Crippen MR) is 132 cm³/mol. The number of aromatic nitrogens is 1. The maximum absolute atomic E-state index is 12.4. The van der Waals surface area contributed by atoms with E-state index in [1.54, 1.807) is 30.4 Å². The van der Waals surface area contributed by atoms with Gasteiger partial charge in [-0.25, -0.2) is 13.4 Å². The molecule has 1 aliphatic rings. The van der Waals surface area contributed by atoms with Gasteiger partial charge in [0, 0.05) is 49.3 Å². The van der Waals surface area contributed by atoms with E-state index < -0.39 is 9.84 Å². The minimum atomic E-state index is -3.25. The Kier molecular flexibility index (Phi) is 7.14. The number of fused-ring (bicyclic) bond motifs is 1. The van der Waals surface area contributed by atoms with Gasteiger partial charge in [0.1, 0.15) is 0 Å². The molecule has 2 heterocycles. The van der Waals surface area contributed by atoms with Crippen LogP contribution in [0.3, 0.4) is 0 Å². The molecule has 0 atom stereocenters. The predicted octanol–water partition coefficient (Wildman–Crippen LogP) is 3.40. The second-order valence-electron chi connectivity index (χ2n) is 7.62. The van der Waals surface area contributed by atoms with E-state index in [0.717, 1.165) is 47.8 Å². The normalized spacial score (nSPS) is 15.2. The van der Waals surface area contributed by atoms with Gasteiger partial charge in [-0.2, -0.15) is 0 Å². The number of nitrogens with one attached hydrogen (secondary N) is 1. The van der Waals surface area contributed by atoms with Crippen LogP contribution in [-0.4, -0.2) is 69.2 Å². The van der Waals surface area contributed by atoms with Crippen molar-refractivity contribution in [2.24, 2.45) is 0 Å². The van der Waals surface area contributed by atoms with Crippen LogP contribution in [0.4, 0.5) is 5.13 Å². The molecular formula is C22H25BrN4O3S2. The highest BCUT2D eigenvalue weighted by molar-refractivity contribution is 9.10. The van der Waals surface area contributed by atoms with Crippen LogP contribution in [0.2, 0.25) is 0 Å². The molecule has 1 fully saturated rings. The third-order valence-corrected chi connectivity index (χ3v) is 8.87. The molecule has 1 saturated heterocycles. The number of carbonyl (C=O) groups excluding carboxylic acids is 1. The Morgan fingerprint density at radius 3 is 2.53 bits per heavy atom. The van der Waals surface area contributed by atoms with E-state index in [-0.39, 0.29) is 16.6 Å². The summed E-state index contributed by atoms with van der Waals surface area (Å²) in [5.74, 6) is -0.146. The molecule has 3 aromatic rings. The van der Waals surface area contributed by atoms with Crippen molar-refractivity contribution in [1.29, 1.82) is 0 Å². The van der Waals surface area contributed by atoms with E-state index in [2.05, 4.69) is 37.1 Å². The standard InChI is InChI=1S/C22H25BrN4O3S2/c1-2-32(29,30)18-6-3-16(4-7-18)21(28)24-9-10-26-11-13-27(14-12-26)22-25-19-8-5-17(23)15-20(19)31-22/h3-8,15H,2,9-14H2,1H3,(H,24,28). The molecule has 0 bridgehead atoms. The van der Waals surface area contributed by atoms with Gasteiger partial charge >= 0.3 is 0 Å². The lowest BCUT2D eigenvalue weighted by atomic mass is 10.2. The Morgan fingerprint density at radius 2 is 1.84 bits per heavy atom. The first kappa shape index (κ1) is 23.2. The molecule has 2 aromatic carbocycles. The number of sulfone groups is 1. The maximum Gasteiger partial charge on any atom is 0.251 e. The van der Waals surface area contributed by atoms with Crippen LogP contribution < -0.4 is 10.2 Å². The van der Waals surface area contributed by atoms with E-state index in [9.17, 15) is 13.2 Å². The lowest BCUT2D eigenvalue weighted by Crippen LogP contribution is -2.48. The number of nitrogens with zero attached hydrogens (tertiary/aromatic N) is 3. The Balaban J connectivity index is 1.24. The van der Waals surface area contributed by atoms with Gasteiger partial charge in [0.15, 0.2) is 15.0 Å². The van der Waals surface area contributed by atoms with E-state index in [1.165, 1.54) is 16.8 Å². The number of benzene rings is 2. The van der Waals surface area contributed by atoms with Gasteiger partial charge in [-0.3, -0.25) is 9.69 Å². The summed E-state index contributed by atoms with van der Waals surface area (Å²) in [7, 11) is -3.25. The number of thiazole rings is 1. The van der Waals surface area contributed by atoms with Gasteiger partial charge in [-0.15, -0.1) is 0 Å². The minimum Gasteiger partial charge on any atom is -0.351 e. The minimum absolute atomic E-state index is 0.0442. The molecule has 7 nitrogen and oxygen atoms in total. The van der Waals surface area contributed by atoms with Gasteiger partial charge in [-0.1, -0.05) is 34.2 Å². The van der Waals surface area contributed by atoms with Crippen LogP contribution in [0.1, 0.15) is 17.3 Å². The SMILES string of the molecule is CCS(=O)(=O)c1ccc(C(=O)NCCN2CCN(c3nc4ccc(Br)cc4s3)CC2)cc1. The number of anilines is 1. The zero-order valence-corrected chi connectivity index (χ0v) is 21.0. The Bertz CT molecular complexity index is 1200. The lowest BCUT2D eigenvalue weighted by Gasteiger charge is -2.34. The molecule has 0 aliphatic carbocycles. The Morgan fingerprint density at radius 1 is 1.12 bits per heavy atom. The van der Waals surface area contributed by atoms with Crippen LogP contribution in [-0.2, 0) is 9.84 Å². The third-order valence-electron chi connectivity index (χ3n) is 5.55. The average Bonchev–Trinajstić information content (AvgIpc) is 3.22. The summed E-state index contributed by atoms with van der Waals surface area (Å²) in [6, 6.07) is 12.3. The van der Waals surface area contributed by atoms with Crippen LogP contribution in [0.5, 0.6) is 0 Å². The summed E-state index contributed by atoms with van der Waals surface area (Å²) in [6.07, 6.45) is 0. The Hall–Kier alpha value is -2.01. The summed E-state index contributed by atoms with van der Waals surface area (Å²) < 4.78 is 26.0. The van der Waals surface area contributed by atoms with Crippen molar-refractivity contribution in [1.82, 2.24) is 15.2 Å². The van der Waals surface area contributed by atoms with E-state index in [0.29, 0.717) is 12.1 Å². The molecule has 0 saturated carbocycles. The van der Waals surface area contributed by atoms with Crippen molar-refractivity contribution in [2.45, 2.75) is 11.8 Å². The van der Waals surface area contributed by atoms with Gasteiger partial charge in [0.2, 0.25) is 0 Å². The van der Waals surface area contributed by atoms with Crippen LogP contribution in [0, 0.1) is 0 Å². The van der Waals surface area contributed by atoms with Crippen LogP contribution in [0.25, 0.3) is 10.2 Å². The molecule has 4 rings (SSSR count). The van der Waals surface area contributed by atoms with Crippen molar-refractivity contribution < 1.29 is 13.2 Å². The number of halogens is 1. The number of rotatable bonds is 7. The van der Waals surface area contributed by atoms with Gasteiger partial charge in [-0.05, 0) is 42.5 Å². The van der Waals surface area contributed by atoms with E-state index >= 15 is 0 Å². The summed E-state index contributed by atoms with van der Waals surface area (Å²) in [5, 5.41) is 3.98. The van der Waals surface area contributed by atoms with Gasteiger partial charge < -0.3 is 10.2 Å². The monoisotopic (exact) mass is 536 g/mol. The molecule has 1 N–H and O–H groups in total. The van der Waals surface area contributed by atoms with Crippen molar-refractivity contribution >= 4 is 58.4 Å². The van der Waals surface area contributed by atoms with E-state index in [4.69, 9.17) is 4.98 Å². The molecule has 0 unspecified atom stereocenters.